The van der Waals surface area contributed by atoms with Crippen LogP contribution in [0.1, 0.15) is 12.0 Å². The topological polar surface area (TPSA) is 32.8 Å². The number of carbonyl (C=O) groups is 1. The summed E-state index contributed by atoms with van der Waals surface area (Å²) in [5.41, 5.74) is 2.84. The Balaban J connectivity index is 1.41. The van der Waals surface area contributed by atoms with E-state index >= 15 is 0 Å². The molecule has 0 radical (unpaired) electrons. The van der Waals surface area contributed by atoms with E-state index < -0.39 is 0 Å². The van der Waals surface area contributed by atoms with Gasteiger partial charge < -0.3 is 14.5 Å². The van der Waals surface area contributed by atoms with Gasteiger partial charge in [-0.2, -0.15) is 0 Å². The molecule has 2 aliphatic rings. The van der Waals surface area contributed by atoms with Gasteiger partial charge in [0.1, 0.15) is 5.75 Å². The molecule has 138 valence electrons. The van der Waals surface area contributed by atoms with Gasteiger partial charge >= 0.3 is 0 Å². The Hall–Kier alpha value is -3.01. The number of hydrogen-bond donors (Lipinski definition) is 0. The van der Waals surface area contributed by atoms with E-state index in [2.05, 4.69) is 29.2 Å². The van der Waals surface area contributed by atoms with Crippen LogP contribution in [0.25, 0.3) is 6.08 Å². The quantitative estimate of drug-likeness (QED) is 0.827. The molecule has 2 aromatic carbocycles. The third kappa shape index (κ3) is 3.90. The standard InChI is InChI=1S/C23H24N2O2/c1-24(16-18-11-13-25(17-18)21-8-3-2-4-9-21)23(26)20-12-14-27-22-10-6-5-7-19(22)15-20/h2-10,12,14-15,18H,11,13,16-17H2,1H3. The van der Waals surface area contributed by atoms with Gasteiger partial charge in [0.25, 0.3) is 5.91 Å². The molecule has 27 heavy (non-hydrogen) atoms. The number of fused-ring (bicyclic) bond motifs is 1. The van der Waals surface area contributed by atoms with Crippen molar-refractivity contribution < 1.29 is 9.53 Å². The minimum atomic E-state index is 0.0321. The molecule has 4 heteroatoms. The van der Waals surface area contributed by atoms with Crippen LogP contribution in [0.15, 0.2) is 72.5 Å². The van der Waals surface area contributed by atoms with Crippen molar-refractivity contribution in [1.82, 2.24) is 4.90 Å². The minimum Gasteiger partial charge on any atom is -0.464 e. The first-order valence-corrected chi connectivity index (χ1v) is 9.40. The Labute approximate surface area is 160 Å². The number of benzene rings is 2. The lowest BCUT2D eigenvalue weighted by Crippen LogP contribution is -2.33. The number of amides is 1. The molecule has 1 atom stereocenters. The van der Waals surface area contributed by atoms with Crippen LogP contribution in [-0.2, 0) is 4.79 Å². The SMILES string of the molecule is CN(CC1CCN(c2ccccc2)C1)C(=O)C1=Cc2ccccc2OC=C1. The average molecular weight is 360 g/mol. The molecule has 1 unspecified atom stereocenters. The molecule has 0 aromatic heterocycles. The van der Waals surface area contributed by atoms with E-state index in [4.69, 9.17) is 4.74 Å². The normalized spacial score (nSPS) is 18.3. The summed E-state index contributed by atoms with van der Waals surface area (Å²) in [6, 6.07) is 18.2. The van der Waals surface area contributed by atoms with E-state index in [0.717, 1.165) is 37.4 Å². The molecule has 4 rings (SSSR count). The Morgan fingerprint density at radius 2 is 1.93 bits per heavy atom. The van der Waals surface area contributed by atoms with Gasteiger partial charge in [-0.1, -0.05) is 36.4 Å². The van der Waals surface area contributed by atoms with Gasteiger partial charge in [-0.25, -0.2) is 0 Å². The van der Waals surface area contributed by atoms with E-state index in [9.17, 15) is 4.79 Å². The van der Waals surface area contributed by atoms with Gasteiger partial charge in [0, 0.05) is 43.5 Å². The molecular weight excluding hydrogens is 336 g/mol. The minimum absolute atomic E-state index is 0.0321. The van der Waals surface area contributed by atoms with Crippen molar-refractivity contribution in [3.63, 3.8) is 0 Å². The lowest BCUT2D eigenvalue weighted by molar-refractivity contribution is -0.125. The number of para-hydroxylation sites is 2. The second-order valence-corrected chi connectivity index (χ2v) is 7.18. The highest BCUT2D eigenvalue weighted by Gasteiger charge is 2.26. The molecule has 4 nitrogen and oxygen atoms in total. The van der Waals surface area contributed by atoms with Crippen molar-refractivity contribution in [3.8, 4) is 5.75 Å². The van der Waals surface area contributed by atoms with Crippen molar-refractivity contribution in [2.75, 3.05) is 31.6 Å². The van der Waals surface area contributed by atoms with Crippen LogP contribution in [0.3, 0.4) is 0 Å². The van der Waals surface area contributed by atoms with Gasteiger partial charge in [0.15, 0.2) is 0 Å². The summed E-state index contributed by atoms with van der Waals surface area (Å²) in [5.74, 6) is 1.29. The number of carbonyl (C=O) groups excluding carboxylic acids is 1. The van der Waals surface area contributed by atoms with Gasteiger partial charge in [-0.15, -0.1) is 0 Å². The molecule has 1 fully saturated rings. The third-order valence-corrected chi connectivity index (χ3v) is 5.21. The maximum atomic E-state index is 12.9. The highest BCUT2D eigenvalue weighted by molar-refractivity contribution is 6.01. The van der Waals surface area contributed by atoms with Crippen molar-refractivity contribution in [3.05, 3.63) is 78.1 Å². The van der Waals surface area contributed by atoms with E-state index in [-0.39, 0.29) is 5.91 Å². The zero-order valence-corrected chi connectivity index (χ0v) is 15.5. The first kappa shape index (κ1) is 17.4. The van der Waals surface area contributed by atoms with Crippen LogP contribution in [-0.4, -0.2) is 37.5 Å². The number of hydrogen-bond acceptors (Lipinski definition) is 3. The van der Waals surface area contributed by atoms with Gasteiger partial charge in [0.2, 0.25) is 0 Å². The lowest BCUT2D eigenvalue weighted by Gasteiger charge is -2.23. The highest BCUT2D eigenvalue weighted by Crippen LogP contribution is 2.26. The van der Waals surface area contributed by atoms with Crippen LogP contribution < -0.4 is 9.64 Å². The summed E-state index contributed by atoms with van der Waals surface area (Å²) in [7, 11) is 1.89. The van der Waals surface area contributed by atoms with Crippen molar-refractivity contribution in [1.29, 1.82) is 0 Å². The molecule has 0 bridgehead atoms. The first-order chi connectivity index (χ1) is 13.2. The van der Waals surface area contributed by atoms with Gasteiger partial charge in [-0.05, 0) is 42.7 Å². The molecule has 1 amide bonds. The van der Waals surface area contributed by atoms with E-state index in [1.165, 1.54) is 5.69 Å². The zero-order valence-electron chi connectivity index (χ0n) is 15.5. The Bertz CT molecular complexity index is 873. The maximum absolute atomic E-state index is 12.9. The molecular formula is C23H24N2O2. The predicted octanol–water partition coefficient (Wildman–Crippen LogP) is 3.96. The molecule has 0 saturated carbocycles. The van der Waals surface area contributed by atoms with E-state index in [1.54, 1.807) is 12.3 Å². The lowest BCUT2D eigenvalue weighted by atomic mass is 10.1. The molecule has 0 aliphatic carbocycles. The summed E-state index contributed by atoms with van der Waals surface area (Å²) in [4.78, 5) is 17.2. The highest BCUT2D eigenvalue weighted by atomic mass is 16.5. The number of rotatable bonds is 4. The van der Waals surface area contributed by atoms with Crippen LogP contribution >= 0.6 is 0 Å². The zero-order chi connectivity index (χ0) is 18.6. The van der Waals surface area contributed by atoms with E-state index in [0.29, 0.717) is 11.5 Å². The largest absolute Gasteiger partial charge is 0.464 e. The fourth-order valence-electron chi connectivity index (χ4n) is 3.78. The fraction of sp³-hybridized carbons (Fsp3) is 0.261. The molecule has 2 aliphatic heterocycles. The number of likely N-dealkylation sites (N-methyl/N-ethyl adjacent to an activating group) is 1. The predicted molar refractivity (Wildman–Crippen MR) is 109 cm³/mol. The number of nitrogens with zero attached hydrogens (tertiary/aromatic N) is 2. The third-order valence-electron chi connectivity index (χ3n) is 5.21. The molecule has 1 saturated heterocycles. The van der Waals surface area contributed by atoms with Crippen LogP contribution in [0.4, 0.5) is 5.69 Å². The molecule has 2 aromatic rings. The van der Waals surface area contributed by atoms with Crippen LogP contribution in [0.5, 0.6) is 5.75 Å². The maximum Gasteiger partial charge on any atom is 0.253 e. The van der Waals surface area contributed by atoms with Crippen molar-refractivity contribution in [2.24, 2.45) is 5.92 Å². The van der Waals surface area contributed by atoms with Crippen molar-refractivity contribution in [2.45, 2.75) is 6.42 Å². The van der Waals surface area contributed by atoms with Crippen LogP contribution in [0, 0.1) is 5.92 Å². The average Bonchev–Trinajstić information content (AvgIpc) is 3.05. The Morgan fingerprint density at radius 1 is 1.15 bits per heavy atom. The van der Waals surface area contributed by atoms with Crippen molar-refractivity contribution >= 4 is 17.7 Å². The van der Waals surface area contributed by atoms with E-state index in [1.807, 2.05) is 48.4 Å². The summed E-state index contributed by atoms with van der Waals surface area (Å²) in [6.07, 6.45) is 6.36. The Morgan fingerprint density at radius 3 is 2.78 bits per heavy atom. The molecule has 0 N–H and O–H groups in total. The summed E-state index contributed by atoms with van der Waals surface area (Å²) in [6.45, 7) is 2.79. The fourth-order valence-corrected chi connectivity index (χ4v) is 3.78. The monoisotopic (exact) mass is 360 g/mol. The summed E-state index contributed by atoms with van der Waals surface area (Å²) in [5, 5.41) is 0. The number of ether oxygens (including phenoxy) is 1. The smallest absolute Gasteiger partial charge is 0.253 e. The molecule has 2 heterocycles. The second kappa shape index (κ2) is 7.70. The van der Waals surface area contributed by atoms with Gasteiger partial charge in [0.05, 0.1) is 6.26 Å². The summed E-state index contributed by atoms with van der Waals surface area (Å²) >= 11 is 0. The number of anilines is 1. The molecule has 0 spiro atoms. The summed E-state index contributed by atoms with van der Waals surface area (Å²) < 4.78 is 5.60. The first-order valence-electron chi connectivity index (χ1n) is 9.40. The van der Waals surface area contributed by atoms with Crippen LogP contribution in [0.2, 0.25) is 0 Å². The van der Waals surface area contributed by atoms with Gasteiger partial charge in [-0.3, -0.25) is 4.79 Å². The second-order valence-electron chi connectivity index (χ2n) is 7.18. The Kier molecular flexibility index (Phi) is 4.97.